The van der Waals surface area contributed by atoms with Crippen molar-refractivity contribution in [3.05, 3.63) is 45.2 Å². The van der Waals surface area contributed by atoms with Crippen LogP contribution in [0.1, 0.15) is 17.7 Å². The van der Waals surface area contributed by atoms with Gasteiger partial charge in [0.25, 0.3) is 0 Å². The molecule has 0 saturated heterocycles. The Morgan fingerprint density at radius 3 is 2.89 bits per heavy atom. The summed E-state index contributed by atoms with van der Waals surface area (Å²) in [5, 5.41) is 11.1. The SMILES string of the molecule is COC(=O)C1=C(C)OC(N)=C(C#N)[C@@H]1c1cccs1. The summed E-state index contributed by atoms with van der Waals surface area (Å²) in [5.74, 6) is -0.643. The normalized spacial score (nSPS) is 18.9. The Kier molecular flexibility index (Phi) is 3.58. The summed E-state index contributed by atoms with van der Waals surface area (Å²) in [4.78, 5) is 12.8. The maximum Gasteiger partial charge on any atom is 0.338 e. The van der Waals surface area contributed by atoms with Crippen LogP contribution in [0.2, 0.25) is 0 Å². The zero-order valence-electron chi connectivity index (χ0n) is 10.5. The van der Waals surface area contributed by atoms with Gasteiger partial charge in [0.2, 0.25) is 5.88 Å². The predicted molar refractivity (Wildman–Crippen MR) is 69.7 cm³/mol. The van der Waals surface area contributed by atoms with E-state index in [1.807, 2.05) is 23.6 Å². The van der Waals surface area contributed by atoms with Crippen LogP contribution in [-0.2, 0) is 14.3 Å². The fraction of sp³-hybridized carbons (Fsp3) is 0.231. The molecule has 1 aliphatic heterocycles. The molecule has 2 N–H and O–H groups in total. The average Bonchev–Trinajstić information content (AvgIpc) is 2.90. The van der Waals surface area contributed by atoms with E-state index in [4.69, 9.17) is 15.2 Å². The summed E-state index contributed by atoms with van der Waals surface area (Å²) < 4.78 is 10.0. The van der Waals surface area contributed by atoms with Gasteiger partial charge in [0.15, 0.2) is 0 Å². The number of rotatable bonds is 2. The summed E-state index contributed by atoms with van der Waals surface area (Å²) in [5.41, 5.74) is 6.28. The van der Waals surface area contributed by atoms with E-state index in [2.05, 4.69) is 0 Å². The van der Waals surface area contributed by atoms with Gasteiger partial charge in [0, 0.05) is 4.88 Å². The number of hydrogen-bond acceptors (Lipinski definition) is 6. The molecule has 1 aromatic rings. The molecule has 0 spiro atoms. The van der Waals surface area contributed by atoms with Gasteiger partial charge in [0.05, 0.1) is 18.6 Å². The molecule has 0 unspecified atom stereocenters. The minimum absolute atomic E-state index is 0.0334. The van der Waals surface area contributed by atoms with Crippen LogP contribution in [0.15, 0.2) is 40.3 Å². The summed E-state index contributed by atoms with van der Waals surface area (Å²) in [6.45, 7) is 1.63. The largest absolute Gasteiger partial charge is 0.466 e. The van der Waals surface area contributed by atoms with Crippen molar-refractivity contribution < 1.29 is 14.3 Å². The molecule has 98 valence electrons. The van der Waals surface area contributed by atoms with E-state index in [1.54, 1.807) is 6.92 Å². The van der Waals surface area contributed by atoms with Gasteiger partial charge in [-0.3, -0.25) is 0 Å². The maximum atomic E-state index is 11.9. The predicted octanol–water partition coefficient (Wildman–Crippen LogP) is 2.00. The number of nitrogens with two attached hydrogens (primary N) is 1. The highest BCUT2D eigenvalue weighted by Gasteiger charge is 2.36. The molecule has 6 heteroatoms. The molecule has 5 nitrogen and oxygen atoms in total. The second kappa shape index (κ2) is 5.16. The van der Waals surface area contributed by atoms with Crippen LogP contribution in [-0.4, -0.2) is 13.1 Å². The molecular formula is C13H12N2O3S. The minimum Gasteiger partial charge on any atom is -0.466 e. The molecule has 0 fully saturated rings. The monoisotopic (exact) mass is 276 g/mol. The van der Waals surface area contributed by atoms with Gasteiger partial charge in [-0.05, 0) is 18.4 Å². The Morgan fingerprint density at radius 1 is 1.63 bits per heavy atom. The summed E-state index contributed by atoms with van der Waals surface area (Å²) >= 11 is 1.45. The van der Waals surface area contributed by atoms with Crippen molar-refractivity contribution in [3.63, 3.8) is 0 Å². The zero-order chi connectivity index (χ0) is 14.0. The fourth-order valence-electron chi connectivity index (χ4n) is 2.00. The fourth-order valence-corrected chi connectivity index (χ4v) is 2.84. The Labute approximate surface area is 114 Å². The van der Waals surface area contributed by atoms with Gasteiger partial charge >= 0.3 is 5.97 Å². The molecule has 0 saturated carbocycles. The summed E-state index contributed by atoms with van der Waals surface area (Å²) in [6, 6.07) is 5.72. The molecule has 0 aromatic carbocycles. The first-order chi connectivity index (χ1) is 9.10. The molecule has 19 heavy (non-hydrogen) atoms. The van der Waals surface area contributed by atoms with Crippen LogP contribution >= 0.6 is 11.3 Å². The molecule has 2 heterocycles. The number of ether oxygens (including phenoxy) is 2. The standard InChI is InChI=1S/C13H12N2O3S/c1-7-10(13(16)17-2)11(9-4-3-5-19-9)8(6-14)12(15)18-7/h3-5,11H,15H2,1-2H3/t11-/m1/s1. The van der Waals surface area contributed by atoms with Crippen molar-refractivity contribution in [2.24, 2.45) is 5.73 Å². The quantitative estimate of drug-likeness (QED) is 0.835. The van der Waals surface area contributed by atoms with E-state index < -0.39 is 11.9 Å². The van der Waals surface area contributed by atoms with Crippen molar-refractivity contribution >= 4 is 17.3 Å². The average molecular weight is 276 g/mol. The minimum atomic E-state index is -0.522. The summed E-state index contributed by atoms with van der Waals surface area (Å²) in [7, 11) is 1.29. The van der Waals surface area contributed by atoms with Crippen molar-refractivity contribution in [2.45, 2.75) is 12.8 Å². The van der Waals surface area contributed by atoms with Gasteiger partial charge in [-0.2, -0.15) is 5.26 Å². The topological polar surface area (TPSA) is 85.3 Å². The molecule has 1 aromatic heterocycles. The lowest BCUT2D eigenvalue weighted by Gasteiger charge is -2.25. The molecular weight excluding hydrogens is 264 g/mol. The third-order valence-electron chi connectivity index (χ3n) is 2.84. The number of methoxy groups -OCH3 is 1. The second-order valence-electron chi connectivity index (χ2n) is 3.90. The van der Waals surface area contributed by atoms with E-state index in [1.165, 1.54) is 18.4 Å². The lowest BCUT2D eigenvalue weighted by Crippen LogP contribution is -2.24. The number of thiophene rings is 1. The number of carbonyl (C=O) groups is 1. The van der Waals surface area contributed by atoms with Crippen LogP contribution in [0, 0.1) is 11.3 Å². The van der Waals surface area contributed by atoms with Crippen molar-refractivity contribution in [1.29, 1.82) is 5.26 Å². The lowest BCUT2D eigenvalue weighted by atomic mass is 9.88. The van der Waals surface area contributed by atoms with Crippen molar-refractivity contribution in [3.8, 4) is 6.07 Å². The van der Waals surface area contributed by atoms with Gasteiger partial charge < -0.3 is 15.2 Å². The zero-order valence-corrected chi connectivity index (χ0v) is 11.3. The van der Waals surface area contributed by atoms with E-state index in [0.717, 1.165) is 4.88 Å². The molecule has 0 aliphatic carbocycles. The third kappa shape index (κ3) is 2.20. The number of esters is 1. The first kappa shape index (κ1) is 13.2. The lowest BCUT2D eigenvalue weighted by molar-refractivity contribution is -0.136. The molecule has 0 bridgehead atoms. The number of carbonyl (C=O) groups excluding carboxylic acids is 1. The molecule has 1 aliphatic rings. The van der Waals surface area contributed by atoms with Crippen LogP contribution in [0.5, 0.6) is 0 Å². The Balaban J connectivity index is 2.61. The van der Waals surface area contributed by atoms with E-state index in [9.17, 15) is 10.1 Å². The Bertz CT molecular complexity index is 608. The third-order valence-corrected chi connectivity index (χ3v) is 3.78. The first-order valence-electron chi connectivity index (χ1n) is 5.50. The van der Waals surface area contributed by atoms with E-state index in [-0.39, 0.29) is 11.5 Å². The second-order valence-corrected chi connectivity index (χ2v) is 4.88. The molecule has 0 radical (unpaired) electrons. The highest BCUT2D eigenvalue weighted by Crippen LogP contribution is 2.40. The molecule has 0 amide bonds. The van der Waals surface area contributed by atoms with Crippen LogP contribution in [0.25, 0.3) is 0 Å². The van der Waals surface area contributed by atoms with E-state index >= 15 is 0 Å². The first-order valence-corrected chi connectivity index (χ1v) is 6.38. The van der Waals surface area contributed by atoms with Gasteiger partial charge in [-0.1, -0.05) is 6.07 Å². The van der Waals surface area contributed by atoms with Crippen LogP contribution in [0.4, 0.5) is 0 Å². The van der Waals surface area contributed by atoms with Crippen LogP contribution < -0.4 is 5.73 Å². The molecule has 1 atom stereocenters. The van der Waals surface area contributed by atoms with Crippen molar-refractivity contribution in [2.75, 3.05) is 7.11 Å². The highest BCUT2D eigenvalue weighted by atomic mass is 32.1. The smallest absolute Gasteiger partial charge is 0.338 e. The van der Waals surface area contributed by atoms with Crippen LogP contribution in [0.3, 0.4) is 0 Å². The van der Waals surface area contributed by atoms with Gasteiger partial charge in [-0.25, -0.2) is 4.79 Å². The number of hydrogen-bond donors (Lipinski definition) is 1. The van der Waals surface area contributed by atoms with Crippen molar-refractivity contribution in [1.82, 2.24) is 0 Å². The van der Waals surface area contributed by atoms with Gasteiger partial charge in [0.1, 0.15) is 17.4 Å². The summed E-state index contributed by atoms with van der Waals surface area (Å²) in [6.07, 6.45) is 0. The number of nitrogens with zero attached hydrogens (tertiary/aromatic N) is 1. The maximum absolute atomic E-state index is 11.9. The number of allylic oxidation sites excluding steroid dienone is 2. The Hall–Kier alpha value is -2.26. The number of nitriles is 1. The van der Waals surface area contributed by atoms with Gasteiger partial charge in [-0.15, -0.1) is 11.3 Å². The Morgan fingerprint density at radius 2 is 2.37 bits per heavy atom. The van der Waals surface area contributed by atoms with E-state index in [0.29, 0.717) is 11.3 Å². The molecule has 2 rings (SSSR count). The highest BCUT2D eigenvalue weighted by molar-refractivity contribution is 7.10.